The average Bonchev–Trinajstić information content (AvgIpc) is 3.19. The van der Waals surface area contributed by atoms with E-state index in [4.69, 9.17) is 4.74 Å². The molecule has 0 amide bonds. The molecule has 1 N–H and O–H groups in total. The molecule has 0 spiro atoms. The second-order valence-electron chi connectivity index (χ2n) is 6.65. The van der Waals surface area contributed by atoms with Crippen molar-refractivity contribution in [1.29, 1.82) is 0 Å². The van der Waals surface area contributed by atoms with Gasteiger partial charge in [0.2, 0.25) is 5.90 Å². The summed E-state index contributed by atoms with van der Waals surface area (Å²) in [5.41, 5.74) is 1.81. The zero-order valence-corrected chi connectivity index (χ0v) is 15.6. The third kappa shape index (κ3) is 5.05. The molecule has 1 aromatic carbocycles. The molecule has 0 radical (unpaired) electrons. The minimum absolute atomic E-state index is 0.526. The van der Waals surface area contributed by atoms with E-state index in [1.165, 1.54) is 38.9 Å². The molecule has 138 valence electrons. The van der Waals surface area contributed by atoms with E-state index in [-0.39, 0.29) is 0 Å². The number of pyridine rings is 1. The van der Waals surface area contributed by atoms with Crippen molar-refractivity contribution in [3.8, 4) is 0 Å². The number of aliphatic imine (C=N–C) groups is 1. The van der Waals surface area contributed by atoms with Crippen LogP contribution in [0.15, 0.2) is 54.0 Å². The molecular weight excluding hydrogens is 324 g/mol. The molecule has 1 saturated heterocycles. The van der Waals surface area contributed by atoms with Crippen LogP contribution in [0, 0.1) is 0 Å². The number of nitrogens with zero attached hydrogens (tertiary/aromatic N) is 3. The fourth-order valence-corrected chi connectivity index (χ4v) is 3.27. The summed E-state index contributed by atoms with van der Waals surface area (Å²) in [7, 11) is 1.72. The highest BCUT2D eigenvalue weighted by Gasteiger charge is 2.11. The summed E-state index contributed by atoms with van der Waals surface area (Å²) in [4.78, 5) is 11.3. The normalized spacial score (nSPS) is 15.3. The van der Waals surface area contributed by atoms with Crippen molar-refractivity contribution in [2.45, 2.75) is 25.7 Å². The van der Waals surface area contributed by atoms with E-state index in [2.05, 4.69) is 26.8 Å². The number of benzene rings is 1. The Morgan fingerprint density at radius 1 is 1.27 bits per heavy atom. The molecule has 0 atom stereocenters. The molecule has 2 heterocycles. The molecule has 0 bridgehead atoms. The van der Waals surface area contributed by atoms with E-state index in [1.807, 2.05) is 30.3 Å². The van der Waals surface area contributed by atoms with Crippen LogP contribution in [-0.2, 0) is 4.74 Å². The van der Waals surface area contributed by atoms with E-state index in [1.54, 1.807) is 13.2 Å². The number of hydrogen-bond acceptors (Lipinski definition) is 5. The van der Waals surface area contributed by atoms with Crippen LogP contribution in [0.25, 0.3) is 10.9 Å². The highest BCUT2D eigenvalue weighted by molar-refractivity contribution is 5.97. The number of unbranched alkanes of at least 4 members (excludes halogenated alkanes) is 1. The van der Waals surface area contributed by atoms with Gasteiger partial charge in [0.25, 0.3) is 0 Å². The summed E-state index contributed by atoms with van der Waals surface area (Å²) < 4.78 is 5.81. The predicted molar refractivity (Wildman–Crippen MR) is 107 cm³/mol. The van der Waals surface area contributed by atoms with Gasteiger partial charge in [0.15, 0.2) is 5.88 Å². The number of para-hydroxylation sites is 1. The third-order valence-electron chi connectivity index (χ3n) is 4.68. The second kappa shape index (κ2) is 9.34. The Morgan fingerprint density at radius 2 is 2.08 bits per heavy atom. The van der Waals surface area contributed by atoms with E-state index in [9.17, 15) is 0 Å². The van der Waals surface area contributed by atoms with Crippen molar-refractivity contribution in [1.82, 2.24) is 15.2 Å². The van der Waals surface area contributed by atoms with Crippen LogP contribution < -0.4 is 5.32 Å². The lowest BCUT2D eigenvalue weighted by Crippen LogP contribution is -2.23. The first-order valence-electron chi connectivity index (χ1n) is 9.41. The molecule has 3 rings (SSSR count). The summed E-state index contributed by atoms with van der Waals surface area (Å²) in [5, 5.41) is 4.31. The fraction of sp³-hybridized carbons (Fsp3) is 0.429. The van der Waals surface area contributed by atoms with Crippen LogP contribution >= 0.6 is 0 Å². The quantitative estimate of drug-likeness (QED) is 0.342. The van der Waals surface area contributed by atoms with Gasteiger partial charge in [0.1, 0.15) is 0 Å². The third-order valence-corrected chi connectivity index (χ3v) is 4.68. The number of ether oxygens (including phenoxy) is 1. The summed E-state index contributed by atoms with van der Waals surface area (Å²) in [5.74, 6) is 1.05. The summed E-state index contributed by atoms with van der Waals surface area (Å²) >= 11 is 0. The first-order valence-corrected chi connectivity index (χ1v) is 9.41. The number of likely N-dealkylation sites (tertiary alicyclic amines) is 1. The second-order valence-corrected chi connectivity index (χ2v) is 6.65. The number of hydrogen-bond donors (Lipinski definition) is 1. The van der Waals surface area contributed by atoms with Gasteiger partial charge in [0.05, 0.1) is 11.1 Å². The highest BCUT2D eigenvalue weighted by Crippen LogP contribution is 2.14. The molecule has 0 unspecified atom stereocenters. The topological polar surface area (TPSA) is 49.8 Å². The van der Waals surface area contributed by atoms with E-state index >= 15 is 0 Å². The Morgan fingerprint density at radius 3 is 2.88 bits per heavy atom. The van der Waals surface area contributed by atoms with Crippen molar-refractivity contribution >= 4 is 16.8 Å². The maximum absolute atomic E-state index is 5.81. The molecule has 1 aliphatic rings. The number of nitrogens with one attached hydrogen (secondary N) is 1. The minimum atomic E-state index is 0.526. The zero-order chi connectivity index (χ0) is 18.2. The van der Waals surface area contributed by atoms with Gasteiger partial charge in [-0.2, -0.15) is 0 Å². The Hall–Kier alpha value is -2.40. The first-order chi connectivity index (χ1) is 12.8. The monoisotopic (exact) mass is 352 g/mol. The van der Waals surface area contributed by atoms with Crippen molar-refractivity contribution in [2.75, 3.05) is 33.2 Å². The van der Waals surface area contributed by atoms with E-state index in [0.717, 1.165) is 29.4 Å². The lowest BCUT2D eigenvalue weighted by molar-refractivity contribution is 0.325. The predicted octanol–water partition coefficient (Wildman–Crippen LogP) is 3.56. The van der Waals surface area contributed by atoms with Crippen molar-refractivity contribution in [2.24, 2.45) is 4.99 Å². The number of aromatic nitrogens is 1. The molecule has 1 aliphatic heterocycles. The lowest BCUT2D eigenvalue weighted by Gasteiger charge is -2.15. The van der Waals surface area contributed by atoms with Crippen LogP contribution in [0.3, 0.4) is 0 Å². The summed E-state index contributed by atoms with van der Waals surface area (Å²) in [6.07, 6.45) is 6.80. The van der Waals surface area contributed by atoms with Crippen molar-refractivity contribution in [3.05, 3.63) is 54.6 Å². The lowest BCUT2D eigenvalue weighted by atomic mass is 10.1. The van der Waals surface area contributed by atoms with E-state index < -0.39 is 0 Å². The molecule has 2 aromatic rings. The molecule has 1 aromatic heterocycles. The van der Waals surface area contributed by atoms with Gasteiger partial charge in [-0.1, -0.05) is 18.2 Å². The van der Waals surface area contributed by atoms with Crippen LogP contribution in [0.5, 0.6) is 0 Å². The van der Waals surface area contributed by atoms with Crippen molar-refractivity contribution < 1.29 is 4.74 Å². The van der Waals surface area contributed by atoms with Gasteiger partial charge < -0.3 is 15.0 Å². The fourth-order valence-electron chi connectivity index (χ4n) is 3.27. The zero-order valence-electron chi connectivity index (χ0n) is 15.6. The molecule has 0 saturated carbocycles. The maximum atomic E-state index is 5.81. The molecule has 5 nitrogen and oxygen atoms in total. The Bertz CT molecular complexity index is 765. The van der Waals surface area contributed by atoms with Crippen molar-refractivity contribution in [3.63, 3.8) is 0 Å². The van der Waals surface area contributed by atoms with E-state index in [0.29, 0.717) is 11.8 Å². The maximum Gasteiger partial charge on any atom is 0.225 e. The van der Waals surface area contributed by atoms with Crippen LogP contribution in [0.1, 0.15) is 31.2 Å². The van der Waals surface area contributed by atoms with Gasteiger partial charge in [-0.3, -0.25) is 9.98 Å². The van der Waals surface area contributed by atoms with Crippen LogP contribution in [0.4, 0.5) is 0 Å². The molecule has 1 fully saturated rings. The Kier molecular flexibility index (Phi) is 6.61. The van der Waals surface area contributed by atoms with Gasteiger partial charge in [-0.05, 0) is 64.0 Å². The molecule has 0 aliphatic carbocycles. The van der Waals surface area contributed by atoms with Gasteiger partial charge in [-0.15, -0.1) is 0 Å². The number of rotatable bonds is 8. The SMILES string of the molecule is C=C(NCCCCN1CCCC1)OC(=NC)c1cnc2ccccc2c1. The first kappa shape index (κ1) is 18.4. The summed E-state index contributed by atoms with van der Waals surface area (Å²) in [6, 6.07) is 10.0. The molecule has 26 heavy (non-hydrogen) atoms. The largest absolute Gasteiger partial charge is 0.423 e. The molecular formula is C21H28N4O. The Balaban J connectivity index is 1.45. The Labute approximate surface area is 155 Å². The molecule has 5 heteroatoms. The standard InChI is InChI=1S/C21H28N4O/c1-17(23-11-5-6-12-25-13-7-8-14-25)26-21(22-2)19-15-18-9-3-4-10-20(18)24-16-19/h3-4,9-10,15-16,23H,1,5-8,11-14H2,2H3. The van der Waals surface area contributed by atoms with Gasteiger partial charge >= 0.3 is 0 Å². The summed E-state index contributed by atoms with van der Waals surface area (Å²) in [6.45, 7) is 8.54. The number of fused-ring (bicyclic) bond motifs is 1. The van der Waals surface area contributed by atoms with Crippen LogP contribution in [-0.4, -0.2) is 49.0 Å². The smallest absolute Gasteiger partial charge is 0.225 e. The van der Waals surface area contributed by atoms with Gasteiger partial charge in [0, 0.05) is 25.2 Å². The highest BCUT2D eigenvalue weighted by atomic mass is 16.5. The average molecular weight is 352 g/mol. The van der Waals surface area contributed by atoms with Gasteiger partial charge in [-0.25, -0.2) is 0 Å². The van der Waals surface area contributed by atoms with Crippen LogP contribution in [0.2, 0.25) is 0 Å². The minimum Gasteiger partial charge on any atom is -0.423 e.